The predicted molar refractivity (Wildman–Crippen MR) is 41.9 cm³/mol. The molecule has 1 fully saturated rings. The number of primary amides is 1. The van der Waals surface area contributed by atoms with Crippen LogP contribution in [0.3, 0.4) is 0 Å². The topological polar surface area (TPSA) is 96.2 Å². The Morgan fingerprint density at radius 2 is 2.42 bits per heavy atom. The second-order valence-corrected chi connectivity index (χ2v) is 2.78. The molecule has 2 atom stereocenters. The number of urea groups is 1. The second kappa shape index (κ2) is 3.40. The summed E-state index contributed by atoms with van der Waals surface area (Å²) in [4.78, 5) is 21.3. The van der Waals surface area contributed by atoms with Crippen LogP contribution in [-0.4, -0.2) is 24.3 Å². The zero-order chi connectivity index (χ0) is 9.14. The van der Waals surface area contributed by atoms with E-state index in [0.29, 0.717) is 6.42 Å². The van der Waals surface area contributed by atoms with Gasteiger partial charge in [0.05, 0.1) is 0 Å². The van der Waals surface area contributed by atoms with E-state index in [1.807, 2.05) is 6.92 Å². The van der Waals surface area contributed by atoms with E-state index in [9.17, 15) is 9.59 Å². The first kappa shape index (κ1) is 8.79. The van der Waals surface area contributed by atoms with Crippen LogP contribution in [0.2, 0.25) is 0 Å². The van der Waals surface area contributed by atoms with Gasteiger partial charge in [0, 0.05) is 12.5 Å². The Balaban J connectivity index is 2.44. The van der Waals surface area contributed by atoms with Gasteiger partial charge in [-0.2, -0.15) is 0 Å². The van der Waals surface area contributed by atoms with Gasteiger partial charge in [-0.25, -0.2) is 4.79 Å². The molecule has 6 heteroatoms. The summed E-state index contributed by atoms with van der Waals surface area (Å²) in [5, 5.41) is 7.79. The van der Waals surface area contributed by atoms with Crippen LogP contribution in [0.15, 0.2) is 0 Å². The highest BCUT2D eigenvalue weighted by molar-refractivity contribution is 5.79. The van der Waals surface area contributed by atoms with Gasteiger partial charge in [-0.1, -0.05) is 0 Å². The molecule has 0 saturated carbocycles. The van der Waals surface area contributed by atoms with Crippen LogP contribution >= 0.6 is 0 Å². The van der Waals surface area contributed by atoms with Crippen molar-refractivity contribution in [3.63, 3.8) is 0 Å². The Kier molecular flexibility index (Phi) is 2.49. The molecule has 12 heavy (non-hydrogen) atoms. The fraction of sp³-hybridized carbons (Fsp3) is 0.667. The van der Waals surface area contributed by atoms with Gasteiger partial charge in [0.1, 0.15) is 0 Å². The predicted octanol–water partition coefficient (Wildman–Crippen LogP) is -1.56. The van der Waals surface area contributed by atoms with Crippen molar-refractivity contribution in [1.82, 2.24) is 16.0 Å². The fourth-order valence-electron chi connectivity index (χ4n) is 1.10. The molecule has 0 aromatic rings. The molecule has 0 bridgehead atoms. The standard InChI is InChI=1S/C6H12N4O2/c1-3-2-4(11)9-6(8-3)10-5(7)12/h3,6,8H,2H2,1H3,(H,9,11)(H3,7,10,12). The number of nitrogens with two attached hydrogens (primary N) is 1. The molecule has 1 aliphatic heterocycles. The lowest BCUT2D eigenvalue weighted by Crippen LogP contribution is -2.63. The highest BCUT2D eigenvalue weighted by atomic mass is 16.2. The molecular weight excluding hydrogens is 160 g/mol. The lowest BCUT2D eigenvalue weighted by atomic mass is 10.2. The van der Waals surface area contributed by atoms with Gasteiger partial charge in [-0.15, -0.1) is 0 Å². The minimum absolute atomic E-state index is 0.0515. The molecule has 3 amide bonds. The third-order valence-electron chi connectivity index (χ3n) is 1.53. The Morgan fingerprint density at radius 3 is 2.92 bits per heavy atom. The molecule has 1 aliphatic rings. The van der Waals surface area contributed by atoms with Crippen molar-refractivity contribution in [2.45, 2.75) is 25.7 Å². The number of hydrogen-bond acceptors (Lipinski definition) is 3. The molecule has 68 valence electrons. The van der Waals surface area contributed by atoms with Crippen LogP contribution in [0.4, 0.5) is 4.79 Å². The van der Waals surface area contributed by atoms with Crippen LogP contribution in [0, 0.1) is 0 Å². The van der Waals surface area contributed by atoms with Crippen molar-refractivity contribution < 1.29 is 9.59 Å². The quantitative estimate of drug-likeness (QED) is 0.385. The first-order valence-corrected chi connectivity index (χ1v) is 3.69. The zero-order valence-corrected chi connectivity index (χ0v) is 6.76. The highest BCUT2D eigenvalue weighted by Crippen LogP contribution is 1.97. The molecule has 0 radical (unpaired) electrons. The fourth-order valence-corrected chi connectivity index (χ4v) is 1.10. The third-order valence-corrected chi connectivity index (χ3v) is 1.53. The van der Waals surface area contributed by atoms with Gasteiger partial charge in [-0.05, 0) is 6.92 Å². The van der Waals surface area contributed by atoms with Crippen molar-refractivity contribution in [2.75, 3.05) is 0 Å². The van der Waals surface area contributed by atoms with Gasteiger partial charge in [0.15, 0.2) is 6.29 Å². The summed E-state index contributed by atoms with van der Waals surface area (Å²) in [5.74, 6) is -0.0972. The zero-order valence-electron chi connectivity index (χ0n) is 6.76. The van der Waals surface area contributed by atoms with E-state index in [-0.39, 0.29) is 11.9 Å². The smallest absolute Gasteiger partial charge is 0.314 e. The lowest BCUT2D eigenvalue weighted by molar-refractivity contribution is -0.124. The number of rotatable bonds is 1. The van der Waals surface area contributed by atoms with Crippen molar-refractivity contribution in [2.24, 2.45) is 5.73 Å². The van der Waals surface area contributed by atoms with Crippen molar-refractivity contribution >= 4 is 11.9 Å². The minimum Gasteiger partial charge on any atom is -0.352 e. The van der Waals surface area contributed by atoms with Crippen LogP contribution in [-0.2, 0) is 4.79 Å². The lowest BCUT2D eigenvalue weighted by Gasteiger charge is -2.29. The van der Waals surface area contributed by atoms with Gasteiger partial charge in [-0.3, -0.25) is 10.1 Å². The van der Waals surface area contributed by atoms with Crippen molar-refractivity contribution in [1.29, 1.82) is 0 Å². The molecule has 0 aromatic carbocycles. The Bertz CT molecular complexity index is 204. The average Bonchev–Trinajstić information content (AvgIpc) is 1.81. The normalized spacial score (nSPS) is 29.2. The Labute approximate surface area is 69.9 Å². The molecule has 1 heterocycles. The van der Waals surface area contributed by atoms with E-state index in [0.717, 1.165) is 0 Å². The average molecular weight is 172 g/mol. The van der Waals surface area contributed by atoms with Gasteiger partial charge < -0.3 is 16.4 Å². The maximum absolute atomic E-state index is 10.9. The molecule has 1 rings (SSSR count). The molecule has 6 nitrogen and oxygen atoms in total. The van der Waals surface area contributed by atoms with Gasteiger partial charge in [0.2, 0.25) is 5.91 Å². The Morgan fingerprint density at radius 1 is 1.75 bits per heavy atom. The van der Waals surface area contributed by atoms with Crippen LogP contribution in [0.5, 0.6) is 0 Å². The summed E-state index contributed by atoms with van der Waals surface area (Å²) in [7, 11) is 0. The summed E-state index contributed by atoms with van der Waals surface area (Å²) < 4.78 is 0. The second-order valence-electron chi connectivity index (χ2n) is 2.78. The molecule has 0 aliphatic carbocycles. The molecule has 0 spiro atoms. The molecule has 5 N–H and O–H groups in total. The van der Waals surface area contributed by atoms with Gasteiger partial charge in [0.25, 0.3) is 0 Å². The summed E-state index contributed by atoms with van der Waals surface area (Å²) >= 11 is 0. The summed E-state index contributed by atoms with van der Waals surface area (Å²) in [5.41, 5.74) is 4.87. The number of nitrogens with one attached hydrogen (secondary N) is 3. The number of carbonyl (C=O) groups excluding carboxylic acids is 2. The summed E-state index contributed by atoms with van der Waals surface area (Å²) in [6, 6.07) is -0.613. The maximum atomic E-state index is 10.9. The third kappa shape index (κ3) is 2.39. The first-order chi connectivity index (χ1) is 5.58. The number of carbonyl (C=O) groups is 2. The van der Waals surface area contributed by atoms with E-state index >= 15 is 0 Å². The largest absolute Gasteiger partial charge is 0.352 e. The molecular formula is C6H12N4O2. The number of amides is 3. The minimum atomic E-state index is -0.665. The highest BCUT2D eigenvalue weighted by Gasteiger charge is 2.22. The monoisotopic (exact) mass is 172 g/mol. The van der Waals surface area contributed by atoms with E-state index in [1.165, 1.54) is 0 Å². The summed E-state index contributed by atoms with van der Waals surface area (Å²) in [6.45, 7) is 1.86. The first-order valence-electron chi connectivity index (χ1n) is 3.69. The van der Waals surface area contributed by atoms with Crippen LogP contribution < -0.4 is 21.7 Å². The maximum Gasteiger partial charge on any atom is 0.314 e. The van der Waals surface area contributed by atoms with Crippen LogP contribution in [0.1, 0.15) is 13.3 Å². The van der Waals surface area contributed by atoms with E-state index in [2.05, 4.69) is 16.0 Å². The number of hydrogen-bond donors (Lipinski definition) is 4. The SMILES string of the molecule is CC1CC(=O)NC(NC(N)=O)N1. The molecule has 0 aromatic heterocycles. The van der Waals surface area contributed by atoms with E-state index in [4.69, 9.17) is 5.73 Å². The van der Waals surface area contributed by atoms with E-state index < -0.39 is 12.3 Å². The Hall–Kier alpha value is -1.30. The molecule has 2 unspecified atom stereocenters. The van der Waals surface area contributed by atoms with Gasteiger partial charge >= 0.3 is 6.03 Å². The summed E-state index contributed by atoms with van der Waals surface area (Å²) in [6.07, 6.45) is -0.129. The van der Waals surface area contributed by atoms with Crippen molar-refractivity contribution in [3.8, 4) is 0 Å². The van der Waals surface area contributed by atoms with Crippen molar-refractivity contribution in [3.05, 3.63) is 0 Å². The van der Waals surface area contributed by atoms with Crippen LogP contribution in [0.25, 0.3) is 0 Å². The molecule has 1 saturated heterocycles. The van der Waals surface area contributed by atoms with E-state index in [1.54, 1.807) is 0 Å².